The first kappa shape index (κ1) is 42.6. The van der Waals surface area contributed by atoms with Crippen molar-refractivity contribution < 1.29 is 24.2 Å². The van der Waals surface area contributed by atoms with Crippen LogP contribution in [0.15, 0.2) is 12.2 Å². The largest absolute Gasteiger partial charge is 0.462 e. The molecule has 0 saturated heterocycles. The Balaban J connectivity index is 3.47. The van der Waals surface area contributed by atoms with Gasteiger partial charge in [-0.25, -0.2) is 0 Å². The van der Waals surface area contributed by atoms with Gasteiger partial charge in [0.05, 0.1) is 6.61 Å². The van der Waals surface area contributed by atoms with Gasteiger partial charge in [-0.15, -0.1) is 0 Å². The van der Waals surface area contributed by atoms with E-state index in [9.17, 15) is 14.7 Å². The second-order valence-electron chi connectivity index (χ2n) is 13.0. The summed E-state index contributed by atoms with van der Waals surface area (Å²) in [6.07, 6.45) is 40.2. The average Bonchev–Trinajstić information content (AvgIpc) is 3.02. The fourth-order valence-electron chi connectivity index (χ4n) is 5.62. The molecule has 0 radical (unpaired) electrons. The Hall–Kier alpha value is -1.36. The highest BCUT2D eigenvalue weighted by atomic mass is 16.6. The smallest absolute Gasteiger partial charge is 0.306 e. The molecule has 0 rings (SSSR count). The van der Waals surface area contributed by atoms with Gasteiger partial charge in [0.15, 0.2) is 6.10 Å². The lowest BCUT2D eigenvalue weighted by atomic mass is 10.0. The Labute approximate surface area is 273 Å². The number of hydrogen-bond acceptors (Lipinski definition) is 5. The maximum absolute atomic E-state index is 12.1. The van der Waals surface area contributed by atoms with E-state index in [4.69, 9.17) is 9.47 Å². The van der Waals surface area contributed by atoms with E-state index < -0.39 is 6.10 Å². The van der Waals surface area contributed by atoms with Crippen LogP contribution in [0.2, 0.25) is 0 Å². The molecule has 0 amide bonds. The molecule has 5 heteroatoms. The summed E-state index contributed by atoms with van der Waals surface area (Å²) in [5.41, 5.74) is 0. The van der Waals surface area contributed by atoms with Crippen LogP contribution in [-0.4, -0.2) is 36.4 Å². The zero-order valence-electron chi connectivity index (χ0n) is 29.4. The first-order chi connectivity index (χ1) is 21.6. The van der Waals surface area contributed by atoms with Gasteiger partial charge in [-0.05, 0) is 32.1 Å². The van der Waals surface area contributed by atoms with Crippen molar-refractivity contribution in [2.45, 2.75) is 213 Å². The van der Waals surface area contributed by atoms with Crippen molar-refractivity contribution in [1.82, 2.24) is 0 Å². The summed E-state index contributed by atoms with van der Waals surface area (Å²) in [5, 5.41) is 9.48. The number of carbonyl (C=O) groups excluding carboxylic acids is 2. The number of unbranched alkanes of at least 4 members (excludes halogenated alkanes) is 25. The maximum Gasteiger partial charge on any atom is 0.306 e. The van der Waals surface area contributed by atoms with E-state index in [1.165, 1.54) is 141 Å². The molecule has 0 aromatic heterocycles. The van der Waals surface area contributed by atoms with E-state index >= 15 is 0 Å². The molecule has 0 aromatic carbocycles. The Morgan fingerprint density at radius 1 is 0.500 bits per heavy atom. The summed E-state index contributed by atoms with van der Waals surface area (Å²) < 4.78 is 10.5. The number of hydrogen-bond donors (Lipinski definition) is 1. The van der Waals surface area contributed by atoms with Gasteiger partial charge in [0.25, 0.3) is 0 Å². The van der Waals surface area contributed by atoms with Crippen LogP contribution in [0.5, 0.6) is 0 Å². The molecular weight excluding hydrogens is 548 g/mol. The van der Waals surface area contributed by atoms with Crippen LogP contribution in [0.4, 0.5) is 0 Å². The molecule has 0 aliphatic heterocycles. The third-order valence-electron chi connectivity index (χ3n) is 8.56. The Kier molecular flexibility index (Phi) is 35.0. The van der Waals surface area contributed by atoms with Crippen molar-refractivity contribution in [1.29, 1.82) is 0 Å². The lowest BCUT2D eigenvalue weighted by molar-refractivity contribution is -0.161. The van der Waals surface area contributed by atoms with Gasteiger partial charge in [0, 0.05) is 12.8 Å². The molecule has 0 aliphatic rings. The summed E-state index contributed by atoms with van der Waals surface area (Å²) in [6, 6.07) is 0. The van der Waals surface area contributed by atoms with Gasteiger partial charge in [-0.2, -0.15) is 0 Å². The Morgan fingerprint density at radius 3 is 1.30 bits per heavy atom. The summed E-state index contributed by atoms with van der Waals surface area (Å²) in [6.45, 7) is 4.08. The van der Waals surface area contributed by atoms with Gasteiger partial charge in [0.2, 0.25) is 0 Å². The maximum atomic E-state index is 12.1. The zero-order valence-corrected chi connectivity index (χ0v) is 29.4. The van der Waals surface area contributed by atoms with Gasteiger partial charge in [-0.3, -0.25) is 9.59 Å². The summed E-state index contributed by atoms with van der Waals surface area (Å²) in [5.74, 6) is -0.628. The Morgan fingerprint density at radius 2 is 0.864 bits per heavy atom. The second kappa shape index (κ2) is 36.1. The van der Waals surface area contributed by atoms with Crippen LogP contribution < -0.4 is 0 Å². The van der Waals surface area contributed by atoms with Crippen molar-refractivity contribution in [3.8, 4) is 0 Å². The highest BCUT2D eigenvalue weighted by molar-refractivity contribution is 5.70. The molecule has 0 heterocycles. The normalized spacial score (nSPS) is 12.2. The molecule has 1 atom stereocenters. The third-order valence-corrected chi connectivity index (χ3v) is 8.56. The number of ether oxygens (including phenoxy) is 2. The van der Waals surface area contributed by atoms with Gasteiger partial charge in [-0.1, -0.05) is 174 Å². The third kappa shape index (κ3) is 33.5. The molecule has 260 valence electrons. The van der Waals surface area contributed by atoms with Crippen molar-refractivity contribution in [2.75, 3.05) is 13.2 Å². The molecule has 5 nitrogen and oxygen atoms in total. The Bertz CT molecular complexity index is 632. The van der Waals surface area contributed by atoms with Crippen LogP contribution in [0.25, 0.3) is 0 Å². The second-order valence-corrected chi connectivity index (χ2v) is 13.0. The number of aliphatic hydroxyl groups is 1. The van der Waals surface area contributed by atoms with Crippen LogP contribution >= 0.6 is 0 Å². The van der Waals surface area contributed by atoms with Gasteiger partial charge >= 0.3 is 11.9 Å². The van der Waals surface area contributed by atoms with Crippen LogP contribution in [0.3, 0.4) is 0 Å². The zero-order chi connectivity index (χ0) is 32.2. The molecule has 44 heavy (non-hydrogen) atoms. The van der Waals surface area contributed by atoms with E-state index in [2.05, 4.69) is 26.0 Å². The quantitative estimate of drug-likeness (QED) is 0.0432. The first-order valence-corrected chi connectivity index (χ1v) is 19.2. The molecule has 0 aliphatic carbocycles. The lowest BCUT2D eigenvalue weighted by Gasteiger charge is -2.15. The van der Waals surface area contributed by atoms with Crippen molar-refractivity contribution in [3.63, 3.8) is 0 Å². The molecule has 0 aromatic rings. The number of aliphatic hydroxyl groups excluding tert-OH is 1. The van der Waals surface area contributed by atoms with Crippen molar-refractivity contribution >= 4 is 11.9 Å². The molecular formula is C39H74O5. The SMILES string of the molecule is CCCCCCCCCCCCCCCCCCCC/C=C/CCCC(=O)O[C@@H](CO)COC(=O)CCCCCCCCC. The minimum Gasteiger partial charge on any atom is -0.462 e. The highest BCUT2D eigenvalue weighted by Crippen LogP contribution is 2.15. The van der Waals surface area contributed by atoms with Crippen molar-refractivity contribution in [3.05, 3.63) is 12.2 Å². The number of rotatable bonds is 35. The van der Waals surface area contributed by atoms with E-state index in [0.717, 1.165) is 38.5 Å². The summed E-state index contributed by atoms with van der Waals surface area (Å²) >= 11 is 0. The van der Waals surface area contributed by atoms with Crippen molar-refractivity contribution in [2.24, 2.45) is 0 Å². The van der Waals surface area contributed by atoms with E-state index in [1.54, 1.807) is 0 Å². The minimum absolute atomic E-state index is 0.0725. The number of esters is 2. The molecule has 0 unspecified atom stereocenters. The average molecular weight is 623 g/mol. The van der Waals surface area contributed by atoms with E-state index in [-0.39, 0.29) is 25.2 Å². The van der Waals surface area contributed by atoms with Crippen LogP contribution in [0.1, 0.15) is 206 Å². The highest BCUT2D eigenvalue weighted by Gasteiger charge is 2.15. The van der Waals surface area contributed by atoms with Crippen LogP contribution in [-0.2, 0) is 19.1 Å². The fourth-order valence-corrected chi connectivity index (χ4v) is 5.62. The van der Waals surface area contributed by atoms with Crippen LogP contribution in [0, 0.1) is 0 Å². The molecule has 1 N–H and O–H groups in total. The topological polar surface area (TPSA) is 72.8 Å². The predicted octanol–water partition coefficient (Wildman–Crippen LogP) is 11.7. The van der Waals surface area contributed by atoms with E-state index in [1.807, 2.05) is 0 Å². The summed E-state index contributed by atoms with van der Waals surface area (Å²) in [4.78, 5) is 24.0. The minimum atomic E-state index is -0.777. The van der Waals surface area contributed by atoms with Gasteiger partial charge < -0.3 is 14.6 Å². The first-order valence-electron chi connectivity index (χ1n) is 19.2. The van der Waals surface area contributed by atoms with E-state index in [0.29, 0.717) is 12.8 Å². The number of allylic oxidation sites excluding steroid dienone is 2. The molecule has 0 spiro atoms. The molecule has 0 bridgehead atoms. The molecule has 0 fully saturated rings. The molecule has 0 saturated carbocycles. The lowest BCUT2D eigenvalue weighted by Crippen LogP contribution is -2.28. The summed E-state index contributed by atoms with van der Waals surface area (Å²) in [7, 11) is 0. The monoisotopic (exact) mass is 623 g/mol. The fraction of sp³-hybridized carbons (Fsp3) is 0.897. The predicted molar refractivity (Wildman–Crippen MR) is 187 cm³/mol. The standard InChI is InChI=1S/C39H74O5/c1-3-5-7-9-11-12-13-14-15-16-17-18-19-20-21-22-23-24-25-26-28-30-32-34-39(42)44-37(35-40)36-43-38(41)33-31-29-27-10-8-6-4-2/h26,28,37,40H,3-25,27,29-36H2,1-2H3/b28-26+/t37-/m0/s1. The number of carbonyl (C=O) groups is 2. The van der Waals surface area contributed by atoms with Gasteiger partial charge in [0.1, 0.15) is 6.61 Å².